The van der Waals surface area contributed by atoms with Crippen LogP contribution in [0.4, 0.5) is 17.1 Å². The van der Waals surface area contributed by atoms with Gasteiger partial charge < -0.3 is 4.90 Å². The fourth-order valence-corrected chi connectivity index (χ4v) is 7.74. The molecular weight excluding hydrogens is 530 g/mol. The minimum Gasteiger partial charge on any atom is -0.309 e. The summed E-state index contributed by atoms with van der Waals surface area (Å²) < 4.78 is 0. The Morgan fingerprint density at radius 2 is 1.11 bits per heavy atom. The molecular formula is C43H31N. The SMILES string of the molecule is CC1(C)c2ccccc2-c2c1ccc1c2N(c2ccccc2)c2cccc3c(-c4cccc(-c5ccccc5)c4)ccc-1c23. The maximum atomic E-state index is 2.52. The van der Waals surface area contributed by atoms with E-state index in [1.807, 2.05) is 0 Å². The van der Waals surface area contributed by atoms with Gasteiger partial charge in [-0.15, -0.1) is 0 Å². The minimum absolute atomic E-state index is 0.0662. The number of anilines is 3. The van der Waals surface area contributed by atoms with E-state index >= 15 is 0 Å². The van der Waals surface area contributed by atoms with Crippen molar-refractivity contribution in [1.29, 1.82) is 0 Å². The van der Waals surface area contributed by atoms with Gasteiger partial charge in [0.05, 0.1) is 11.4 Å². The standard InChI is InChI=1S/C43H31N/c1-43(2)37-21-10-9-19-36(37)41-38(43)26-25-35-34-24-23-32(30-16-11-15-29(27-30)28-13-5-3-6-14-28)33-20-12-22-39(40(33)34)44(42(35)41)31-17-7-4-8-18-31/h3-27H,1-2H3. The van der Waals surface area contributed by atoms with Crippen LogP contribution in [0.3, 0.4) is 0 Å². The van der Waals surface area contributed by atoms with Crippen LogP contribution in [0, 0.1) is 0 Å². The number of rotatable bonds is 3. The third-order valence-corrected chi connectivity index (χ3v) is 9.79. The summed E-state index contributed by atoms with van der Waals surface area (Å²) in [6, 6.07) is 55.8. The summed E-state index contributed by atoms with van der Waals surface area (Å²) >= 11 is 0. The Morgan fingerprint density at radius 1 is 0.455 bits per heavy atom. The molecule has 0 saturated heterocycles. The second-order valence-corrected chi connectivity index (χ2v) is 12.5. The Hall–Kier alpha value is -5.40. The van der Waals surface area contributed by atoms with Gasteiger partial charge in [0, 0.05) is 27.6 Å². The molecule has 208 valence electrons. The topological polar surface area (TPSA) is 3.24 Å². The van der Waals surface area contributed by atoms with Crippen molar-refractivity contribution in [2.75, 3.05) is 4.90 Å². The van der Waals surface area contributed by atoms with Gasteiger partial charge in [-0.2, -0.15) is 0 Å². The Bertz CT molecular complexity index is 2240. The molecule has 7 aromatic carbocycles. The molecule has 1 heteroatoms. The summed E-state index contributed by atoms with van der Waals surface area (Å²) in [5.41, 5.74) is 16.7. The zero-order valence-corrected chi connectivity index (χ0v) is 24.9. The highest BCUT2D eigenvalue weighted by atomic mass is 15.2. The van der Waals surface area contributed by atoms with Crippen LogP contribution in [-0.4, -0.2) is 0 Å². The summed E-state index contributed by atoms with van der Waals surface area (Å²) in [5, 5.41) is 2.58. The predicted molar refractivity (Wildman–Crippen MR) is 186 cm³/mol. The summed E-state index contributed by atoms with van der Waals surface area (Å²) in [4.78, 5) is 2.52. The third-order valence-electron chi connectivity index (χ3n) is 9.79. The minimum atomic E-state index is -0.0662. The fourth-order valence-electron chi connectivity index (χ4n) is 7.74. The smallest absolute Gasteiger partial charge is 0.0622 e. The van der Waals surface area contributed by atoms with Gasteiger partial charge in [-0.3, -0.25) is 0 Å². The van der Waals surface area contributed by atoms with E-state index < -0.39 is 0 Å². The van der Waals surface area contributed by atoms with E-state index in [-0.39, 0.29) is 5.41 Å². The summed E-state index contributed by atoms with van der Waals surface area (Å²) in [6.45, 7) is 4.73. The predicted octanol–water partition coefficient (Wildman–Crippen LogP) is 11.9. The lowest BCUT2D eigenvalue weighted by molar-refractivity contribution is 0.660. The summed E-state index contributed by atoms with van der Waals surface area (Å²) in [6.07, 6.45) is 0. The van der Waals surface area contributed by atoms with Crippen molar-refractivity contribution >= 4 is 27.8 Å². The van der Waals surface area contributed by atoms with Gasteiger partial charge in [-0.25, -0.2) is 0 Å². The van der Waals surface area contributed by atoms with Crippen LogP contribution >= 0.6 is 0 Å². The van der Waals surface area contributed by atoms with Crippen molar-refractivity contribution in [2.24, 2.45) is 0 Å². The average Bonchev–Trinajstić information content (AvgIpc) is 3.32. The van der Waals surface area contributed by atoms with Gasteiger partial charge in [0.2, 0.25) is 0 Å². The van der Waals surface area contributed by atoms with Gasteiger partial charge in [-0.05, 0) is 74.2 Å². The zero-order valence-electron chi connectivity index (χ0n) is 24.9. The zero-order chi connectivity index (χ0) is 29.4. The van der Waals surface area contributed by atoms with Crippen LogP contribution in [0.1, 0.15) is 25.0 Å². The van der Waals surface area contributed by atoms with Gasteiger partial charge in [0.1, 0.15) is 0 Å². The highest BCUT2D eigenvalue weighted by Gasteiger charge is 2.40. The summed E-state index contributed by atoms with van der Waals surface area (Å²) in [7, 11) is 0. The van der Waals surface area contributed by atoms with Gasteiger partial charge in [0.25, 0.3) is 0 Å². The van der Waals surface area contributed by atoms with Crippen LogP contribution in [-0.2, 0) is 5.41 Å². The molecule has 1 aliphatic heterocycles. The van der Waals surface area contributed by atoms with Crippen molar-refractivity contribution < 1.29 is 0 Å². The maximum absolute atomic E-state index is 2.52. The molecule has 7 aromatic rings. The molecule has 0 aromatic heterocycles. The van der Waals surface area contributed by atoms with Crippen LogP contribution in [0.15, 0.2) is 152 Å². The maximum Gasteiger partial charge on any atom is 0.0622 e. The largest absolute Gasteiger partial charge is 0.309 e. The molecule has 0 spiro atoms. The molecule has 2 aliphatic rings. The quantitative estimate of drug-likeness (QED) is 0.207. The molecule has 0 N–H and O–H groups in total. The lowest BCUT2D eigenvalue weighted by Crippen LogP contribution is -2.18. The second-order valence-electron chi connectivity index (χ2n) is 12.5. The van der Waals surface area contributed by atoms with Crippen molar-refractivity contribution in [3.05, 3.63) is 163 Å². The van der Waals surface area contributed by atoms with Crippen molar-refractivity contribution in [1.82, 2.24) is 0 Å². The number of para-hydroxylation sites is 1. The molecule has 1 aliphatic carbocycles. The van der Waals surface area contributed by atoms with E-state index in [9.17, 15) is 0 Å². The number of hydrogen-bond donors (Lipinski definition) is 0. The van der Waals surface area contributed by atoms with Crippen LogP contribution in [0.2, 0.25) is 0 Å². The number of benzene rings is 7. The van der Waals surface area contributed by atoms with Crippen molar-refractivity contribution in [3.63, 3.8) is 0 Å². The van der Waals surface area contributed by atoms with Gasteiger partial charge >= 0.3 is 0 Å². The molecule has 0 atom stereocenters. The fraction of sp³-hybridized carbons (Fsp3) is 0.0698. The second kappa shape index (κ2) is 9.30. The molecule has 1 heterocycles. The molecule has 0 fully saturated rings. The van der Waals surface area contributed by atoms with Gasteiger partial charge in [-0.1, -0.05) is 141 Å². The number of hydrogen-bond acceptors (Lipinski definition) is 1. The van der Waals surface area contributed by atoms with E-state index in [4.69, 9.17) is 0 Å². The van der Waals surface area contributed by atoms with E-state index in [2.05, 4.69) is 170 Å². The number of nitrogens with zero attached hydrogens (tertiary/aromatic N) is 1. The summed E-state index contributed by atoms with van der Waals surface area (Å²) in [5.74, 6) is 0. The lowest BCUT2D eigenvalue weighted by Gasteiger charge is -2.36. The molecule has 0 radical (unpaired) electrons. The first kappa shape index (κ1) is 25.1. The lowest BCUT2D eigenvalue weighted by atomic mass is 9.80. The Morgan fingerprint density at radius 3 is 1.95 bits per heavy atom. The van der Waals surface area contributed by atoms with E-state index in [1.165, 1.54) is 83.5 Å². The van der Waals surface area contributed by atoms with E-state index in [0.717, 1.165) is 0 Å². The van der Waals surface area contributed by atoms with E-state index in [0.29, 0.717) is 0 Å². The van der Waals surface area contributed by atoms with Gasteiger partial charge in [0.15, 0.2) is 0 Å². The Balaban J connectivity index is 1.35. The van der Waals surface area contributed by atoms with Crippen LogP contribution < -0.4 is 4.90 Å². The first-order chi connectivity index (χ1) is 21.6. The third kappa shape index (κ3) is 3.47. The molecule has 0 amide bonds. The average molecular weight is 562 g/mol. The first-order valence-corrected chi connectivity index (χ1v) is 15.5. The van der Waals surface area contributed by atoms with Crippen molar-refractivity contribution in [2.45, 2.75) is 19.3 Å². The molecule has 0 unspecified atom stereocenters. The highest BCUT2D eigenvalue weighted by Crippen LogP contribution is 2.60. The normalized spacial score (nSPS) is 13.8. The van der Waals surface area contributed by atoms with E-state index in [1.54, 1.807) is 0 Å². The molecule has 0 bridgehead atoms. The van der Waals surface area contributed by atoms with Crippen LogP contribution in [0.25, 0.3) is 55.3 Å². The number of fused-ring (bicyclic) bond motifs is 6. The molecule has 0 saturated carbocycles. The molecule has 9 rings (SSSR count). The van der Waals surface area contributed by atoms with Crippen LogP contribution in [0.5, 0.6) is 0 Å². The highest BCUT2D eigenvalue weighted by molar-refractivity contribution is 6.19. The molecule has 1 nitrogen and oxygen atoms in total. The first-order valence-electron chi connectivity index (χ1n) is 15.5. The Labute approximate surface area is 258 Å². The molecule has 44 heavy (non-hydrogen) atoms. The monoisotopic (exact) mass is 561 g/mol. The Kier molecular flexibility index (Phi) is 5.31. The van der Waals surface area contributed by atoms with Crippen molar-refractivity contribution in [3.8, 4) is 44.5 Å².